The number of methoxy groups -OCH3 is 1. The van der Waals surface area contributed by atoms with Gasteiger partial charge in [0.05, 0.1) is 7.11 Å². The Hall–Kier alpha value is -3.35. The third-order valence-corrected chi connectivity index (χ3v) is 3.41. The minimum absolute atomic E-state index is 0.308. The summed E-state index contributed by atoms with van der Waals surface area (Å²) in [5.41, 5.74) is 7.75. The molecule has 0 unspecified atom stereocenters. The first kappa shape index (κ1) is 15.5. The second-order valence-electron chi connectivity index (χ2n) is 5.01. The average molecular weight is 322 g/mol. The smallest absolute Gasteiger partial charge is 0.193 e. The van der Waals surface area contributed by atoms with Crippen molar-refractivity contribution in [2.75, 3.05) is 12.4 Å². The number of hydrogen-bond acceptors (Lipinski definition) is 4. The Balaban J connectivity index is 1.68. The van der Waals surface area contributed by atoms with Gasteiger partial charge in [0, 0.05) is 11.4 Å². The average Bonchev–Trinajstić information content (AvgIpc) is 3.10. The van der Waals surface area contributed by atoms with Crippen LogP contribution in [0, 0.1) is 0 Å². The number of hydrogen-bond donors (Lipinski definition) is 2. The maximum Gasteiger partial charge on any atom is 0.193 e. The summed E-state index contributed by atoms with van der Waals surface area (Å²) < 4.78 is 7.00. The molecule has 7 nitrogen and oxygen atoms in total. The molecule has 0 aliphatic heterocycles. The summed E-state index contributed by atoms with van der Waals surface area (Å²) in [6, 6.07) is 17.3. The zero-order valence-corrected chi connectivity index (χ0v) is 13.3. The van der Waals surface area contributed by atoms with Crippen LogP contribution in [-0.4, -0.2) is 27.8 Å². The normalized spacial score (nSPS) is 11.3. The number of para-hydroxylation sites is 1. The predicted molar refractivity (Wildman–Crippen MR) is 93.3 cm³/mol. The molecule has 2 aromatic carbocycles. The lowest BCUT2D eigenvalue weighted by molar-refractivity contribution is 0.415. The van der Waals surface area contributed by atoms with E-state index in [0.717, 1.165) is 17.1 Å². The first-order valence-corrected chi connectivity index (χ1v) is 7.41. The summed E-state index contributed by atoms with van der Waals surface area (Å²) in [6.07, 6.45) is 1.66. The molecule has 0 bridgehead atoms. The summed E-state index contributed by atoms with van der Waals surface area (Å²) in [5.74, 6) is 1.80. The number of guanidine groups is 1. The predicted octanol–water partition coefficient (Wildman–Crippen LogP) is 2.20. The van der Waals surface area contributed by atoms with Gasteiger partial charge < -0.3 is 15.8 Å². The highest BCUT2D eigenvalue weighted by atomic mass is 16.5. The Labute approximate surface area is 139 Å². The van der Waals surface area contributed by atoms with Crippen molar-refractivity contribution in [3.63, 3.8) is 0 Å². The van der Waals surface area contributed by atoms with E-state index in [4.69, 9.17) is 10.5 Å². The van der Waals surface area contributed by atoms with Crippen LogP contribution in [-0.2, 0) is 6.54 Å². The number of nitrogens with zero attached hydrogens (tertiary/aromatic N) is 4. The molecule has 1 aromatic heterocycles. The lowest BCUT2D eigenvalue weighted by Gasteiger charge is -2.07. The molecule has 0 saturated heterocycles. The van der Waals surface area contributed by atoms with Crippen LogP contribution in [0.15, 0.2) is 65.9 Å². The molecule has 0 spiro atoms. The minimum Gasteiger partial charge on any atom is -0.497 e. The van der Waals surface area contributed by atoms with Crippen LogP contribution in [0.3, 0.4) is 0 Å². The van der Waals surface area contributed by atoms with Crippen molar-refractivity contribution in [3.05, 3.63) is 66.7 Å². The molecule has 1 heterocycles. The van der Waals surface area contributed by atoms with Crippen LogP contribution >= 0.6 is 0 Å². The molecule has 0 fully saturated rings. The lowest BCUT2D eigenvalue weighted by Crippen LogP contribution is -2.22. The maximum absolute atomic E-state index is 5.93. The zero-order valence-electron chi connectivity index (χ0n) is 13.3. The van der Waals surface area contributed by atoms with Crippen LogP contribution in [0.25, 0.3) is 5.69 Å². The van der Waals surface area contributed by atoms with E-state index in [0.29, 0.717) is 18.3 Å². The molecule has 0 saturated carbocycles. The summed E-state index contributed by atoms with van der Waals surface area (Å²) in [7, 11) is 1.63. The number of aliphatic imine (C=N–C) groups is 1. The van der Waals surface area contributed by atoms with Gasteiger partial charge in [-0.05, 0) is 36.4 Å². The molecule has 3 rings (SSSR count). The summed E-state index contributed by atoms with van der Waals surface area (Å²) in [4.78, 5) is 4.32. The van der Waals surface area contributed by atoms with Gasteiger partial charge in [0.25, 0.3) is 0 Å². The fourth-order valence-electron chi connectivity index (χ4n) is 2.19. The van der Waals surface area contributed by atoms with E-state index in [-0.39, 0.29) is 0 Å². The molecule has 0 aliphatic carbocycles. The third-order valence-electron chi connectivity index (χ3n) is 3.41. The van der Waals surface area contributed by atoms with Crippen molar-refractivity contribution in [1.82, 2.24) is 14.8 Å². The molecule has 24 heavy (non-hydrogen) atoms. The summed E-state index contributed by atoms with van der Waals surface area (Å²) in [6.45, 7) is 0.323. The van der Waals surface area contributed by atoms with E-state index >= 15 is 0 Å². The van der Waals surface area contributed by atoms with Gasteiger partial charge in [-0.25, -0.2) is 4.99 Å². The lowest BCUT2D eigenvalue weighted by atomic mass is 10.3. The van der Waals surface area contributed by atoms with Gasteiger partial charge in [-0.15, -0.1) is 10.2 Å². The van der Waals surface area contributed by atoms with Crippen molar-refractivity contribution in [2.45, 2.75) is 6.54 Å². The van der Waals surface area contributed by atoms with Crippen molar-refractivity contribution in [2.24, 2.45) is 10.7 Å². The number of rotatable bonds is 5. The van der Waals surface area contributed by atoms with Crippen LogP contribution in [0.5, 0.6) is 5.75 Å². The van der Waals surface area contributed by atoms with E-state index in [1.54, 1.807) is 13.4 Å². The Bertz CT molecular complexity index is 811. The van der Waals surface area contributed by atoms with Crippen LogP contribution in [0.1, 0.15) is 5.82 Å². The van der Waals surface area contributed by atoms with Crippen molar-refractivity contribution >= 4 is 11.6 Å². The number of benzene rings is 2. The highest BCUT2D eigenvalue weighted by Crippen LogP contribution is 2.15. The van der Waals surface area contributed by atoms with E-state index in [9.17, 15) is 0 Å². The fourth-order valence-corrected chi connectivity index (χ4v) is 2.19. The molecule has 0 radical (unpaired) electrons. The Kier molecular flexibility index (Phi) is 4.71. The van der Waals surface area contributed by atoms with Gasteiger partial charge in [-0.1, -0.05) is 18.2 Å². The van der Waals surface area contributed by atoms with E-state index in [1.165, 1.54) is 0 Å². The fraction of sp³-hybridized carbons (Fsp3) is 0.118. The molecule has 0 aliphatic rings. The maximum atomic E-state index is 5.93. The number of ether oxygens (including phenoxy) is 1. The van der Waals surface area contributed by atoms with Crippen molar-refractivity contribution in [3.8, 4) is 11.4 Å². The van der Waals surface area contributed by atoms with Crippen LogP contribution < -0.4 is 15.8 Å². The van der Waals surface area contributed by atoms with Crippen molar-refractivity contribution < 1.29 is 4.74 Å². The number of anilines is 1. The quantitative estimate of drug-likeness (QED) is 0.555. The molecular formula is C17H18N6O. The third kappa shape index (κ3) is 3.70. The molecule has 122 valence electrons. The first-order valence-electron chi connectivity index (χ1n) is 7.41. The Morgan fingerprint density at radius 3 is 2.62 bits per heavy atom. The number of nitrogens with two attached hydrogens (primary N) is 1. The molecule has 7 heteroatoms. The molecule has 3 N–H and O–H groups in total. The van der Waals surface area contributed by atoms with Gasteiger partial charge >= 0.3 is 0 Å². The largest absolute Gasteiger partial charge is 0.497 e. The van der Waals surface area contributed by atoms with E-state index < -0.39 is 0 Å². The van der Waals surface area contributed by atoms with Gasteiger partial charge in [-0.2, -0.15) is 0 Å². The van der Waals surface area contributed by atoms with Gasteiger partial charge in [-0.3, -0.25) is 4.57 Å². The zero-order chi connectivity index (χ0) is 16.8. The summed E-state index contributed by atoms with van der Waals surface area (Å²) >= 11 is 0. The van der Waals surface area contributed by atoms with Crippen molar-refractivity contribution in [1.29, 1.82) is 0 Å². The van der Waals surface area contributed by atoms with Crippen LogP contribution in [0.4, 0.5) is 5.69 Å². The molecular weight excluding hydrogens is 304 g/mol. The standard InChI is InChI=1S/C17H18N6O/c1-24-15-9-7-13(8-10-15)21-17(18)19-11-16-22-20-12-23(16)14-5-3-2-4-6-14/h2-10,12H,11H2,1H3,(H3,18,19,21). The highest BCUT2D eigenvalue weighted by Gasteiger charge is 2.05. The second kappa shape index (κ2) is 7.28. The highest BCUT2D eigenvalue weighted by molar-refractivity contribution is 5.92. The minimum atomic E-state index is 0.308. The van der Waals surface area contributed by atoms with E-state index in [2.05, 4.69) is 20.5 Å². The Morgan fingerprint density at radius 1 is 1.17 bits per heavy atom. The monoisotopic (exact) mass is 322 g/mol. The van der Waals surface area contributed by atoms with Crippen LogP contribution in [0.2, 0.25) is 0 Å². The Morgan fingerprint density at radius 2 is 1.92 bits per heavy atom. The number of aromatic nitrogens is 3. The van der Waals surface area contributed by atoms with E-state index in [1.807, 2.05) is 59.2 Å². The molecule has 0 amide bonds. The number of nitrogens with one attached hydrogen (secondary N) is 1. The van der Waals surface area contributed by atoms with Gasteiger partial charge in [0.15, 0.2) is 11.8 Å². The topological polar surface area (TPSA) is 90.3 Å². The van der Waals surface area contributed by atoms with Gasteiger partial charge in [0.1, 0.15) is 18.6 Å². The SMILES string of the molecule is COc1ccc(NC(N)=NCc2nncn2-c2ccccc2)cc1. The molecule has 3 aromatic rings. The second-order valence-corrected chi connectivity index (χ2v) is 5.01. The molecule has 0 atom stereocenters. The van der Waals surface area contributed by atoms with Gasteiger partial charge in [0.2, 0.25) is 0 Å². The summed E-state index contributed by atoms with van der Waals surface area (Å²) in [5, 5.41) is 11.1. The first-order chi connectivity index (χ1) is 11.8.